The summed E-state index contributed by atoms with van der Waals surface area (Å²) in [7, 11) is -2.12. The molecule has 6 nitrogen and oxygen atoms in total. The summed E-state index contributed by atoms with van der Waals surface area (Å²) in [5.41, 5.74) is 1.78. The van der Waals surface area contributed by atoms with E-state index in [1.165, 1.54) is 17.4 Å². The number of benzene rings is 2. The molecular formula is C19H20FN3O3S. The topological polar surface area (TPSA) is 76.3 Å². The Kier molecular flexibility index (Phi) is 5.38. The molecule has 1 aromatic heterocycles. The summed E-state index contributed by atoms with van der Waals surface area (Å²) in [5.74, 6) is -0.0678. The molecule has 0 amide bonds. The molecule has 142 valence electrons. The number of nitrogens with zero attached hydrogens (tertiary/aromatic N) is 3. The van der Waals surface area contributed by atoms with Crippen molar-refractivity contribution in [3.8, 4) is 11.5 Å². The molecule has 0 unspecified atom stereocenters. The average Bonchev–Trinajstić information content (AvgIpc) is 3.10. The van der Waals surface area contributed by atoms with Crippen molar-refractivity contribution in [1.82, 2.24) is 14.4 Å². The Bertz CT molecular complexity index is 1060. The van der Waals surface area contributed by atoms with E-state index < -0.39 is 15.8 Å². The van der Waals surface area contributed by atoms with Crippen LogP contribution in [0.4, 0.5) is 4.39 Å². The molecule has 27 heavy (non-hydrogen) atoms. The van der Waals surface area contributed by atoms with E-state index in [0.29, 0.717) is 11.4 Å². The second kappa shape index (κ2) is 7.58. The fraction of sp³-hybridized carbons (Fsp3) is 0.263. The van der Waals surface area contributed by atoms with Crippen molar-refractivity contribution in [2.24, 2.45) is 0 Å². The molecule has 0 spiro atoms. The SMILES string of the molecule is Cc1ccc(C)c(S(=O)(=O)N(C)CCc2noc(-c3ccccc3F)n2)c1. The molecule has 3 aromatic rings. The highest BCUT2D eigenvalue weighted by molar-refractivity contribution is 7.89. The first kappa shape index (κ1) is 19.2. The Morgan fingerprint density at radius 2 is 1.89 bits per heavy atom. The van der Waals surface area contributed by atoms with Crippen LogP contribution in [0.2, 0.25) is 0 Å². The maximum absolute atomic E-state index is 13.8. The minimum absolute atomic E-state index is 0.0724. The summed E-state index contributed by atoms with van der Waals surface area (Å²) < 4.78 is 45.8. The fourth-order valence-electron chi connectivity index (χ4n) is 2.63. The second-order valence-electron chi connectivity index (χ2n) is 6.34. The summed E-state index contributed by atoms with van der Waals surface area (Å²) in [4.78, 5) is 4.44. The Labute approximate surface area is 157 Å². The molecule has 0 radical (unpaired) electrons. The van der Waals surface area contributed by atoms with Crippen LogP contribution in [-0.2, 0) is 16.4 Å². The summed E-state index contributed by atoms with van der Waals surface area (Å²) in [6.07, 6.45) is 0.249. The number of rotatable bonds is 6. The van der Waals surface area contributed by atoms with E-state index in [2.05, 4.69) is 10.1 Å². The maximum Gasteiger partial charge on any atom is 0.260 e. The van der Waals surface area contributed by atoms with Crippen LogP contribution in [0.3, 0.4) is 0 Å². The third-order valence-corrected chi connectivity index (χ3v) is 6.25. The lowest BCUT2D eigenvalue weighted by Crippen LogP contribution is -2.29. The van der Waals surface area contributed by atoms with Crippen LogP contribution in [0.1, 0.15) is 17.0 Å². The zero-order valence-electron chi connectivity index (χ0n) is 15.3. The van der Waals surface area contributed by atoms with Gasteiger partial charge in [0, 0.05) is 20.0 Å². The number of sulfonamides is 1. The minimum Gasteiger partial charge on any atom is -0.334 e. The minimum atomic E-state index is -3.63. The van der Waals surface area contributed by atoms with Crippen LogP contribution in [0.25, 0.3) is 11.5 Å². The molecule has 0 atom stereocenters. The Hall–Kier alpha value is -2.58. The monoisotopic (exact) mass is 389 g/mol. The standard InChI is InChI=1S/C19H20FN3O3S/c1-13-8-9-14(2)17(12-13)27(24,25)23(3)11-10-18-21-19(26-22-18)15-6-4-5-7-16(15)20/h4-9,12H,10-11H2,1-3H3. The normalized spacial score (nSPS) is 11.9. The maximum atomic E-state index is 13.8. The first-order valence-corrected chi connectivity index (χ1v) is 9.84. The van der Waals surface area contributed by atoms with Crippen LogP contribution < -0.4 is 0 Å². The van der Waals surface area contributed by atoms with Gasteiger partial charge in [0.05, 0.1) is 10.5 Å². The molecular weight excluding hydrogens is 369 g/mol. The lowest BCUT2D eigenvalue weighted by atomic mass is 10.2. The van der Waals surface area contributed by atoms with Crippen LogP contribution in [0.5, 0.6) is 0 Å². The Morgan fingerprint density at radius 1 is 1.15 bits per heavy atom. The molecule has 0 fully saturated rings. The highest BCUT2D eigenvalue weighted by Crippen LogP contribution is 2.22. The van der Waals surface area contributed by atoms with Crippen molar-refractivity contribution in [2.45, 2.75) is 25.2 Å². The van der Waals surface area contributed by atoms with Gasteiger partial charge in [0.25, 0.3) is 5.89 Å². The Morgan fingerprint density at radius 3 is 2.63 bits per heavy atom. The van der Waals surface area contributed by atoms with E-state index in [1.54, 1.807) is 37.3 Å². The summed E-state index contributed by atoms with van der Waals surface area (Å²) in [6.45, 7) is 3.79. The van der Waals surface area contributed by atoms with Gasteiger partial charge in [-0.3, -0.25) is 0 Å². The molecule has 1 heterocycles. The molecule has 0 aliphatic heterocycles. The van der Waals surface area contributed by atoms with E-state index in [0.717, 1.165) is 5.56 Å². The van der Waals surface area contributed by atoms with Crippen LogP contribution in [0, 0.1) is 19.7 Å². The number of likely N-dealkylation sites (N-methyl/N-ethyl adjacent to an activating group) is 1. The Balaban J connectivity index is 1.73. The molecule has 3 rings (SSSR count). The van der Waals surface area contributed by atoms with Gasteiger partial charge < -0.3 is 4.52 Å². The van der Waals surface area contributed by atoms with Crippen molar-refractivity contribution >= 4 is 10.0 Å². The quantitative estimate of drug-likeness (QED) is 0.646. The van der Waals surface area contributed by atoms with Crippen molar-refractivity contribution in [3.05, 3.63) is 65.2 Å². The molecule has 0 bridgehead atoms. The zero-order chi connectivity index (χ0) is 19.6. The summed E-state index contributed by atoms with van der Waals surface area (Å²) >= 11 is 0. The molecule has 0 N–H and O–H groups in total. The van der Waals surface area contributed by atoms with Gasteiger partial charge in [0.2, 0.25) is 10.0 Å². The van der Waals surface area contributed by atoms with E-state index in [9.17, 15) is 12.8 Å². The summed E-state index contributed by atoms with van der Waals surface area (Å²) in [5, 5.41) is 3.82. The van der Waals surface area contributed by atoms with Gasteiger partial charge >= 0.3 is 0 Å². The molecule has 2 aromatic carbocycles. The first-order valence-electron chi connectivity index (χ1n) is 8.40. The average molecular weight is 389 g/mol. The smallest absolute Gasteiger partial charge is 0.260 e. The van der Waals surface area contributed by atoms with E-state index in [4.69, 9.17) is 4.52 Å². The predicted octanol–water partition coefficient (Wildman–Crippen LogP) is 3.36. The van der Waals surface area contributed by atoms with Crippen molar-refractivity contribution in [1.29, 1.82) is 0 Å². The van der Waals surface area contributed by atoms with Crippen LogP contribution in [0.15, 0.2) is 51.9 Å². The largest absolute Gasteiger partial charge is 0.334 e. The highest BCUT2D eigenvalue weighted by atomic mass is 32.2. The van der Waals surface area contributed by atoms with Gasteiger partial charge in [-0.25, -0.2) is 17.1 Å². The molecule has 0 saturated carbocycles. The fourth-order valence-corrected chi connectivity index (χ4v) is 4.11. The van der Waals surface area contributed by atoms with Crippen LogP contribution in [-0.4, -0.2) is 36.5 Å². The van der Waals surface area contributed by atoms with E-state index in [1.807, 2.05) is 13.0 Å². The number of aryl methyl sites for hydroxylation is 2. The van der Waals surface area contributed by atoms with Gasteiger partial charge in [-0.1, -0.05) is 29.4 Å². The number of hydrogen-bond donors (Lipinski definition) is 0. The lowest BCUT2D eigenvalue weighted by Gasteiger charge is -2.18. The summed E-state index contributed by atoms with van der Waals surface area (Å²) in [6, 6.07) is 11.4. The second-order valence-corrected chi connectivity index (χ2v) is 8.35. The first-order chi connectivity index (χ1) is 12.8. The molecule has 0 aliphatic rings. The third kappa shape index (κ3) is 4.06. The third-order valence-electron chi connectivity index (χ3n) is 4.25. The highest BCUT2D eigenvalue weighted by Gasteiger charge is 2.23. The molecule has 0 aliphatic carbocycles. The molecule has 8 heteroatoms. The number of aromatic nitrogens is 2. The van der Waals surface area contributed by atoms with E-state index >= 15 is 0 Å². The predicted molar refractivity (Wildman–Crippen MR) is 99.1 cm³/mol. The number of hydrogen-bond acceptors (Lipinski definition) is 5. The van der Waals surface area contributed by atoms with Gasteiger partial charge in [0.15, 0.2) is 5.82 Å². The lowest BCUT2D eigenvalue weighted by molar-refractivity contribution is 0.413. The van der Waals surface area contributed by atoms with Gasteiger partial charge in [0.1, 0.15) is 5.82 Å². The van der Waals surface area contributed by atoms with E-state index in [-0.39, 0.29) is 29.3 Å². The number of halogens is 1. The zero-order valence-corrected chi connectivity index (χ0v) is 16.1. The van der Waals surface area contributed by atoms with Crippen molar-refractivity contribution in [3.63, 3.8) is 0 Å². The molecule has 0 saturated heterocycles. The van der Waals surface area contributed by atoms with Crippen molar-refractivity contribution < 1.29 is 17.3 Å². The van der Waals surface area contributed by atoms with Crippen molar-refractivity contribution in [2.75, 3.05) is 13.6 Å². The van der Waals surface area contributed by atoms with Gasteiger partial charge in [-0.05, 0) is 43.2 Å². The van der Waals surface area contributed by atoms with Gasteiger partial charge in [-0.2, -0.15) is 4.98 Å². The van der Waals surface area contributed by atoms with Gasteiger partial charge in [-0.15, -0.1) is 0 Å². The van der Waals surface area contributed by atoms with Crippen LogP contribution >= 0.6 is 0 Å².